The SMILES string of the molecule is CSCCCCCCNc1ccc(Br)cn1. The highest BCUT2D eigenvalue weighted by atomic mass is 79.9. The van der Waals surface area contributed by atoms with Crippen LogP contribution in [-0.4, -0.2) is 23.5 Å². The van der Waals surface area contributed by atoms with E-state index in [0.29, 0.717) is 0 Å². The normalized spacial score (nSPS) is 10.4. The molecule has 0 unspecified atom stereocenters. The fraction of sp³-hybridized carbons (Fsp3) is 0.583. The number of nitrogens with one attached hydrogen (secondary N) is 1. The van der Waals surface area contributed by atoms with Crippen molar-refractivity contribution in [2.24, 2.45) is 0 Å². The van der Waals surface area contributed by atoms with Crippen molar-refractivity contribution in [3.05, 3.63) is 22.8 Å². The maximum atomic E-state index is 4.26. The third-order valence-corrected chi connectivity index (χ3v) is 3.47. The number of aromatic nitrogens is 1. The summed E-state index contributed by atoms with van der Waals surface area (Å²) in [6, 6.07) is 4.01. The average molecular weight is 303 g/mol. The summed E-state index contributed by atoms with van der Waals surface area (Å²) in [5, 5.41) is 3.33. The third kappa shape index (κ3) is 6.38. The molecule has 1 rings (SSSR count). The zero-order valence-electron chi connectivity index (χ0n) is 9.71. The Kier molecular flexibility index (Phi) is 7.68. The lowest BCUT2D eigenvalue weighted by atomic mass is 10.2. The van der Waals surface area contributed by atoms with Crippen LogP contribution in [0.1, 0.15) is 25.7 Å². The predicted octanol–water partition coefficient (Wildman–Crippen LogP) is 4.18. The highest BCUT2D eigenvalue weighted by Gasteiger charge is 1.93. The molecule has 0 fully saturated rings. The van der Waals surface area contributed by atoms with Crippen molar-refractivity contribution in [1.82, 2.24) is 4.98 Å². The molecule has 0 radical (unpaired) electrons. The lowest BCUT2D eigenvalue weighted by molar-refractivity contribution is 0.688. The van der Waals surface area contributed by atoms with Gasteiger partial charge in [-0.2, -0.15) is 11.8 Å². The van der Waals surface area contributed by atoms with Gasteiger partial charge in [0.1, 0.15) is 5.82 Å². The number of thioether (sulfide) groups is 1. The molecule has 90 valence electrons. The summed E-state index contributed by atoms with van der Waals surface area (Å²) in [4.78, 5) is 4.26. The lowest BCUT2D eigenvalue weighted by Gasteiger charge is -2.05. The summed E-state index contributed by atoms with van der Waals surface area (Å²) in [6.45, 7) is 1.02. The highest BCUT2D eigenvalue weighted by molar-refractivity contribution is 9.10. The Balaban J connectivity index is 2.01. The molecular formula is C12H19BrN2S. The second kappa shape index (κ2) is 8.88. The number of unbranched alkanes of at least 4 members (excludes halogenated alkanes) is 3. The Bertz CT molecular complexity index is 277. The minimum atomic E-state index is 0.965. The van der Waals surface area contributed by atoms with Crippen LogP contribution in [0.2, 0.25) is 0 Å². The van der Waals surface area contributed by atoms with Crippen molar-refractivity contribution < 1.29 is 0 Å². The van der Waals surface area contributed by atoms with Gasteiger partial charge >= 0.3 is 0 Å². The van der Waals surface area contributed by atoms with E-state index in [0.717, 1.165) is 16.8 Å². The van der Waals surface area contributed by atoms with Crippen LogP contribution < -0.4 is 5.32 Å². The van der Waals surface area contributed by atoms with Crippen molar-refractivity contribution in [2.45, 2.75) is 25.7 Å². The molecular weight excluding hydrogens is 284 g/mol. The molecule has 1 aromatic rings. The number of halogens is 1. The minimum Gasteiger partial charge on any atom is -0.370 e. The summed E-state index contributed by atoms with van der Waals surface area (Å²) in [5.74, 6) is 2.26. The van der Waals surface area contributed by atoms with E-state index in [2.05, 4.69) is 32.5 Å². The van der Waals surface area contributed by atoms with Gasteiger partial charge in [0, 0.05) is 17.2 Å². The van der Waals surface area contributed by atoms with Gasteiger partial charge in [0.2, 0.25) is 0 Å². The smallest absolute Gasteiger partial charge is 0.125 e. The summed E-state index contributed by atoms with van der Waals surface area (Å²) >= 11 is 5.30. The van der Waals surface area contributed by atoms with Crippen LogP contribution in [0.15, 0.2) is 22.8 Å². The number of pyridine rings is 1. The van der Waals surface area contributed by atoms with Crippen LogP contribution in [0.25, 0.3) is 0 Å². The largest absolute Gasteiger partial charge is 0.370 e. The molecule has 0 aromatic carbocycles. The second-order valence-corrected chi connectivity index (χ2v) is 5.60. The maximum absolute atomic E-state index is 4.26. The van der Waals surface area contributed by atoms with Gasteiger partial charge in [-0.1, -0.05) is 12.8 Å². The maximum Gasteiger partial charge on any atom is 0.125 e. The van der Waals surface area contributed by atoms with Crippen molar-refractivity contribution in [3.8, 4) is 0 Å². The molecule has 0 aliphatic rings. The molecule has 0 atom stereocenters. The molecule has 16 heavy (non-hydrogen) atoms. The summed E-state index contributed by atoms with van der Waals surface area (Å²) in [6.07, 6.45) is 9.21. The molecule has 1 heterocycles. The molecule has 4 heteroatoms. The van der Waals surface area contributed by atoms with E-state index < -0.39 is 0 Å². The van der Waals surface area contributed by atoms with Crippen LogP contribution in [-0.2, 0) is 0 Å². The molecule has 0 amide bonds. The van der Waals surface area contributed by atoms with Gasteiger partial charge in [0.25, 0.3) is 0 Å². The van der Waals surface area contributed by atoms with Crippen LogP contribution in [0.3, 0.4) is 0 Å². The first-order chi connectivity index (χ1) is 7.83. The van der Waals surface area contributed by atoms with Gasteiger partial charge in [-0.15, -0.1) is 0 Å². The lowest BCUT2D eigenvalue weighted by Crippen LogP contribution is -2.02. The molecule has 0 aliphatic carbocycles. The van der Waals surface area contributed by atoms with Crippen molar-refractivity contribution >= 4 is 33.5 Å². The number of nitrogens with zero attached hydrogens (tertiary/aromatic N) is 1. The summed E-state index contributed by atoms with van der Waals surface area (Å²) in [7, 11) is 0. The first-order valence-electron chi connectivity index (χ1n) is 5.67. The fourth-order valence-electron chi connectivity index (χ4n) is 1.42. The van der Waals surface area contributed by atoms with Gasteiger partial charge in [-0.3, -0.25) is 0 Å². The van der Waals surface area contributed by atoms with Crippen molar-refractivity contribution in [1.29, 1.82) is 0 Å². The standard InChI is InChI=1S/C12H19BrN2S/c1-16-9-5-3-2-4-8-14-12-7-6-11(13)10-15-12/h6-7,10H,2-5,8-9H2,1H3,(H,14,15). The molecule has 1 N–H and O–H groups in total. The Hall–Kier alpha value is -0.220. The van der Waals surface area contributed by atoms with Crippen LogP contribution in [0.5, 0.6) is 0 Å². The molecule has 0 saturated heterocycles. The van der Waals surface area contributed by atoms with E-state index >= 15 is 0 Å². The monoisotopic (exact) mass is 302 g/mol. The average Bonchev–Trinajstić information content (AvgIpc) is 2.30. The highest BCUT2D eigenvalue weighted by Crippen LogP contribution is 2.11. The van der Waals surface area contributed by atoms with Gasteiger partial charge < -0.3 is 5.32 Å². The summed E-state index contributed by atoms with van der Waals surface area (Å²) < 4.78 is 1.02. The first kappa shape index (κ1) is 13.8. The number of hydrogen-bond donors (Lipinski definition) is 1. The molecule has 0 saturated carbocycles. The number of anilines is 1. The summed E-state index contributed by atoms with van der Waals surface area (Å²) in [5.41, 5.74) is 0. The Morgan fingerprint density at radius 3 is 2.75 bits per heavy atom. The van der Waals surface area contributed by atoms with E-state index in [4.69, 9.17) is 0 Å². The van der Waals surface area contributed by atoms with Gasteiger partial charge in [0.05, 0.1) is 0 Å². The van der Waals surface area contributed by atoms with Crippen LogP contribution >= 0.6 is 27.7 Å². The quantitative estimate of drug-likeness (QED) is 0.729. The molecule has 0 aliphatic heterocycles. The van der Waals surface area contributed by atoms with E-state index in [1.54, 1.807) is 0 Å². The first-order valence-corrected chi connectivity index (χ1v) is 7.86. The predicted molar refractivity (Wildman–Crippen MR) is 77.3 cm³/mol. The zero-order chi connectivity index (χ0) is 11.6. The number of hydrogen-bond acceptors (Lipinski definition) is 3. The van der Waals surface area contributed by atoms with Gasteiger partial charge in [0.15, 0.2) is 0 Å². The second-order valence-electron chi connectivity index (χ2n) is 3.70. The molecule has 2 nitrogen and oxygen atoms in total. The van der Waals surface area contributed by atoms with E-state index in [-0.39, 0.29) is 0 Å². The van der Waals surface area contributed by atoms with E-state index in [1.807, 2.05) is 30.1 Å². The van der Waals surface area contributed by atoms with Gasteiger partial charge in [-0.25, -0.2) is 4.98 Å². The molecule has 0 spiro atoms. The van der Waals surface area contributed by atoms with E-state index in [1.165, 1.54) is 31.4 Å². The van der Waals surface area contributed by atoms with Crippen molar-refractivity contribution in [3.63, 3.8) is 0 Å². The third-order valence-electron chi connectivity index (χ3n) is 2.31. The number of rotatable bonds is 8. The Morgan fingerprint density at radius 1 is 1.25 bits per heavy atom. The van der Waals surface area contributed by atoms with E-state index in [9.17, 15) is 0 Å². The molecule has 0 bridgehead atoms. The van der Waals surface area contributed by atoms with Crippen molar-refractivity contribution in [2.75, 3.05) is 23.9 Å². The Morgan fingerprint density at radius 2 is 2.06 bits per heavy atom. The van der Waals surface area contributed by atoms with Gasteiger partial charge in [-0.05, 0) is 52.9 Å². The minimum absolute atomic E-state index is 0.965. The van der Waals surface area contributed by atoms with Crippen LogP contribution in [0.4, 0.5) is 5.82 Å². The van der Waals surface area contributed by atoms with Crippen LogP contribution in [0, 0.1) is 0 Å². The zero-order valence-corrected chi connectivity index (χ0v) is 12.1. The topological polar surface area (TPSA) is 24.9 Å². The molecule has 1 aromatic heterocycles. The fourth-order valence-corrected chi connectivity index (χ4v) is 2.15. The Labute approximate surface area is 111 Å².